The SMILES string of the molecule is CC1CCCC(CCNS(=O)(=O)N2CCCCC2CO)C1. The quantitative estimate of drug-likeness (QED) is 0.785. The average Bonchev–Trinajstić information content (AvgIpc) is 2.47. The van der Waals surface area contributed by atoms with Crippen LogP contribution in [0.5, 0.6) is 0 Å². The van der Waals surface area contributed by atoms with Crippen LogP contribution in [0.25, 0.3) is 0 Å². The topological polar surface area (TPSA) is 69.6 Å². The molecule has 2 rings (SSSR count). The van der Waals surface area contributed by atoms with Crippen LogP contribution in [0.4, 0.5) is 0 Å². The molecule has 6 heteroatoms. The minimum absolute atomic E-state index is 0.0823. The fraction of sp³-hybridized carbons (Fsp3) is 1.00. The van der Waals surface area contributed by atoms with Crippen molar-refractivity contribution in [2.24, 2.45) is 11.8 Å². The molecule has 5 nitrogen and oxygen atoms in total. The van der Waals surface area contributed by atoms with Gasteiger partial charge in [-0.15, -0.1) is 0 Å². The third-order valence-electron chi connectivity index (χ3n) is 4.97. The minimum atomic E-state index is -3.44. The summed E-state index contributed by atoms with van der Waals surface area (Å²) < 4.78 is 28.9. The molecule has 2 aliphatic rings. The first-order chi connectivity index (χ1) is 10.0. The summed E-state index contributed by atoms with van der Waals surface area (Å²) in [6.07, 6.45) is 8.62. The summed E-state index contributed by atoms with van der Waals surface area (Å²) in [5.74, 6) is 1.44. The van der Waals surface area contributed by atoms with Crippen LogP contribution in [-0.4, -0.2) is 43.6 Å². The van der Waals surface area contributed by atoms with E-state index in [0.29, 0.717) is 19.0 Å². The Morgan fingerprint density at radius 3 is 2.71 bits per heavy atom. The van der Waals surface area contributed by atoms with Crippen molar-refractivity contribution in [3.05, 3.63) is 0 Å². The summed E-state index contributed by atoms with van der Waals surface area (Å²) in [6, 6.07) is -0.244. The maximum absolute atomic E-state index is 12.4. The molecule has 2 fully saturated rings. The fourth-order valence-electron chi connectivity index (χ4n) is 3.77. The van der Waals surface area contributed by atoms with Gasteiger partial charge in [-0.3, -0.25) is 0 Å². The third-order valence-corrected chi connectivity index (χ3v) is 6.64. The molecule has 0 spiro atoms. The molecule has 0 amide bonds. The van der Waals surface area contributed by atoms with Crippen LogP contribution in [0.1, 0.15) is 58.3 Å². The minimum Gasteiger partial charge on any atom is -0.395 e. The van der Waals surface area contributed by atoms with Crippen molar-refractivity contribution in [1.29, 1.82) is 0 Å². The maximum Gasteiger partial charge on any atom is 0.279 e. The molecule has 1 saturated heterocycles. The number of aliphatic hydroxyl groups excluding tert-OH is 1. The molecule has 1 heterocycles. The third kappa shape index (κ3) is 4.91. The predicted molar refractivity (Wildman–Crippen MR) is 84.1 cm³/mol. The van der Waals surface area contributed by atoms with Crippen LogP contribution in [0.3, 0.4) is 0 Å². The number of piperidine rings is 1. The molecule has 1 saturated carbocycles. The van der Waals surface area contributed by atoms with Gasteiger partial charge < -0.3 is 5.11 Å². The molecule has 3 atom stereocenters. The van der Waals surface area contributed by atoms with E-state index in [1.54, 1.807) is 0 Å². The van der Waals surface area contributed by atoms with Gasteiger partial charge in [-0.05, 0) is 37.5 Å². The standard InChI is InChI=1S/C15H30N2O3S/c1-13-5-4-6-14(11-13)8-9-16-21(19,20)17-10-3-2-7-15(17)12-18/h13-16,18H,2-12H2,1H3. The lowest BCUT2D eigenvalue weighted by molar-refractivity contribution is 0.153. The summed E-state index contributed by atoms with van der Waals surface area (Å²) in [4.78, 5) is 0. The Labute approximate surface area is 129 Å². The van der Waals surface area contributed by atoms with Gasteiger partial charge in [0.15, 0.2) is 0 Å². The van der Waals surface area contributed by atoms with Gasteiger partial charge in [0.1, 0.15) is 0 Å². The van der Waals surface area contributed by atoms with E-state index in [0.717, 1.165) is 31.6 Å². The lowest BCUT2D eigenvalue weighted by Gasteiger charge is -2.33. The Balaban J connectivity index is 1.80. The zero-order valence-corrected chi connectivity index (χ0v) is 13.9. The van der Waals surface area contributed by atoms with Gasteiger partial charge in [0, 0.05) is 19.1 Å². The molecular weight excluding hydrogens is 288 g/mol. The van der Waals surface area contributed by atoms with Crippen molar-refractivity contribution in [3.63, 3.8) is 0 Å². The molecule has 3 unspecified atom stereocenters. The summed E-state index contributed by atoms with van der Waals surface area (Å²) >= 11 is 0. The molecule has 0 aromatic rings. The first-order valence-electron chi connectivity index (χ1n) is 8.40. The summed E-state index contributed by atoms with van der Waals surface area (Å²) in [6.45, 7) is 3.26. The molecule has 2 N–H and O–H groups in total. The first-order valence-corrected chi connectivity index (χ1v) is 9.84. The van der Waals surface area contributed by atoms with E-state index in [1.165, 1.54) is 30.0 Å². The highest BCUT2D eigenvalue weighted by Crippen LogP contribution is 2.30. The molecule has 124 valence electrons. The molecule has 0 bridgehead atoms. The van der Waals surface area contributed by atoms with E-state index < -0.39 is 10.2 Å². The number of aliphatic hydroxyl groups is 1. The van der Waals surface area contributed by atoms with Gasteiger partial charge in [-0.25, -0.2) is 4.72 Å². The maximum atomic E-state index is 12.4. The second kappa shape index (κ2) is 7.90. The lowest BCUT2D eigenvalue weighted by Crippen LogP contribution is -2.50. The van der Waals surface area contributed by atoms with Crippen molar-refractivity contribution in [2.75, 3.05) is 19.7 Å². The fourth-order valence-corrected chi connectivity index (χ4v) is 5.25. The van der Waals surface area contributed by atoms with Crippen molar-refractivity contribution >= 4 is 10.2 Å². The van der Waals surface area contributed by atoms with E-state index in [1.807, 2.05) is 0 Å². The van der Waals surface area contributed by atoms with Crippen molar-refractivity contribution in [1.82, 2.24) is 9.03 Å². The van der Waals surface area contributed by atoms with Gasteiger partial charge >= 0.3 is 0 Å². The molecule has 0 radical (unpaired) electrons. The van der Waals surface area contributed by atoms with Gasteiger partial charge in [-0.2, -0.15) is 12.7 Å². The van der Waals surface area contributed by atoms with Crippen LogP contribution >= 0.6 is 0 Å². The average molecular weight is 318 g/mol. The Kier molecular flexibility index (Phi) is 6.47. The largest absolute Gasteiger partial charge is 0.395 e. The molecule has 1 aliphatic heterocycles. The molecule has 1 aliphatic carbocycles. The highest BCUT2D eigenvalue weighted by Gasteiger charge is 2.31. The monoisotopic (exact) mass is 318 g/mol. The number of nitrogens with one attached hydrogen (secondary N) is 1. The number of nitrogens with zero attached hydrogens (tertiary/aromatic N) is 1. The van der Waals surface area contributed by atoms with E-state index in [-0.39, 0.29) is 12.6 Å². The second-order valence-corrected chi connectivity index (χ2v) is 8.48. The zero-order chi connectivity index (χ0) is 15.3. The van der Waals surface area contributed by atoms with Crippen LogP contribution < -0.4 is 4.72 Å². The van der Waals surface area contributed by atoms with Crippen LogP contribution in [0, 0.1) is 11.8 Å². The summed E-state index contributed by atoms with van der Waals surface area (Å²) in [7, 11) is -3.44. The molecule has 0 aromatic carbocycles. The van der Waals surface area contributed by atoms with Crippen LogP contribution in [0.15, 0.2) is 0 Å². The van der Waals surface area contributed by atoms with Gasteiger partial charge in [-0.1, -0.05) is 32.6 Å². The Hall–Kier alpha value is -0.170. The Morgan fingerprint density at radius 2 is 2.00 bits per heavy atom. The summed E-state index contributed by atoms with van der Waals surface area (Å²) in [5, 5.41) is 9.35. The van der Waals surface area contributed by atoms with Gasteiger partial charge in [0.05, 0.1) is 6.61 Å². The lowest BCUT2D eigenvalue weighted by atomic mass is 9.81. The van der Waals surface area contributed by atoms with Crippen LogP contribution in [0.2, 0.25) is 0 Å². The normalized spacial score (nSPS) is 32.2. The summed E-state index contributed by atoms with van der Waals surface area (Å²) in [5.41, 5.74) is 0. The van der Waals surface area contributed by atoms with E-state index in [4.69, 9.17) is 0 Å². The van der Waals surface area contributed by atoms with Crippen molar-refractivity contribution < 1.29 is 13.5 Å². The highest BCUT2D eigenvalue weighted by molar-refractivity contribution is 7.87. The van der Waals surface area contributed by atoms with Crippen molar-refractivity contribution in [2.45, 2.75) is 64.3 Å². The number of hydrogen-bond donors (Lipinski definition) is 2. The van der Waals surface area contributed by atoms with Crippen molar-refractivity contribution in [3.8, 4) is 0 Å². The van der Waals surface area contributed by atoms with Gasteiger partial charge in [0.25, 0.3) is 10.2 Å². The Bertz CT molecular complexity index is 413. The highest BCUT2D eigenvalue weighted by atomic mass is 32.2. The second-order valence-electron chi connectivity index (χ2n) is 6.77. The first kappa shape index (κ1) is 17.2. The number of hydrogen-bond acceptors (Lipinski definition) is 3. The zero-order valence-electron chi connectivity index (χ0n) is 13.1. The van der Waals surface area contributed by atoms with E-state index in [9.17, 15) is 13.5 Å². The predicted octanol–water partition coefficient (Wildman–Crippen LogP) is 1.88. The van der Waals surface area contributed by atoms with E-state index in [2.05, 4.69) is 11.6 Å². The molecule has 21 heavy (non-hydrogen) atoms. The Morgan fingerprint density at radius 1 is 1.19 bits per heavy atom. The van der Waals surface area contributed by atoms with E-state index >= 15 is 0 Å². The molecule has 0 aromatic heterocycles. The number of rotatable bonds is 6. The smallest absolute Gasteiger partial charge is 0.279 e. The molecular formula is C15H30N2O3S. The van der Waals surface area contributed by atoms with Crippen LogP contribution in [-0.2, 0) is 10.2 Å². The van der Waals surface area contributed by atoms with Gasteiger partial charge in [0.2, 0.25) is 0 Å².